The van der Waals surface area contributed by atoms with Gasteiger partial charge in [-0.2, -0.15) is 0 Å². The van der Waals surface area contributed by atoms with E-state index in [1.165, 1.54) is 6.08 Å². The van der Waals surface area contributed by atoms with E-state index in [4.69, 9.17) is 16.6 Å². The third kappa shape index (κ3) is 7.16. The SMILES string of the molecule is Cc1[nH]c2ccccc2c1-c1nc(N[C@@H]2CCC[C@H](NC(=O)c3ccc(NC(=O)/C=C/CN(C)C)cc3)C2)ncc1Cl. The standard InChI is InChI=1S/C32H36ClN7O2/c1-20-29(25-10-4-5-11-27(25)35-20)30-26(33)19-34-32(39-30)38-24-9-6-8-23(18-24)37-31(42)21-13-15-22(16-14-21)36-28(41)12-7-17-40(2)3/h4-5,7,10-16,19,23-24,35H,6,8-9,17-18H2,1-3H3,(H,36,41)(H,37,42)(H,34,38,39)/b12-7+/t23-,24+/m0/s1. The zero-order valence-corrected chi connectivity index (χ0v) is 24.8. The van der Waals surface area contributed by atoms with E-state index in [1.807, 2.05) is 44.1 Å². The molecule has 9 nitrogen and oxygen atoms in total. The Balaban J connectivity index is 1.19. The third-order valence-corrected chi connectivity index (χ3v) is 7.65. The number of rotatable bonds is 9. The fourth-order valence-corrected chi connectivity index (χ4v) is 5.54. The van der Waals surface area contributed by atoms with Gasteiger partial charge in [-0.15, -0.1) is 0 Å². The van der Waals surface area contributed by atoms with Crippen molar-refractivity contribution in [3.63, 3.8) is 0 Å². The van der Waals surface area contributed by atoms with Crippen molar-refractivity contribution < 1.29 is 9.59 Å². The minimum absolute atomic E-state index is 0.0209. The number of benzene rings is 2. The zero-order chi connectivity index (χ0) is 29.6. The quantitative estimate of drug-likeness (QED) is 0.185. The number of fused-ring (bicyclic) bond motifs is 1. The van der Waals surface area contributed by atoms with Crippen LogP contribution in [-0.4, -0.2) is 64.4 Å². The summed E-state index contributed by atoms with van der Waals surface area (Å²) < 4.78 is 0. The number of carbonyl (C=O) groups is 2. The molecule has 2 aromatic heterocycles. The fourth-order valence-electron chi connectivity index (χ4n) is 5.36. The largest absolute Gasteiger partial charge is 0.358 e. The van der Waals surface area contributed by atoms with Crippen LogP contribution < -0.4 is 16.0 Å². The number of nitrogens with one attached hydrogen (secondary N) is 4. The predicted molar refractivity (Wildman–Crippen MR) is 169 cm³/mol. The van der Waals surface area contributed by atoms with Crippen molar-refractivity contribution in [1.29, 1.82) is 0 Å². The lowest BCUT2D eigenvalue weighted by atomic mass is 9.91. The van der Waals surface area contributed by atoms with Gasteiger partial charge in [0.2, 0.25) is 11.9 Å². The van der Waals surface area contributed by atoms with Gasteiger partial charge in [0.1, 0.15) is 0 Å². The first-order chi connectivity index (χ1) is 20.3. The number of hydrogen-bond donors (Lipinski definition) is 4. The highest BCUT2D eigenvalue weighted by Gasteiger charge is 2.25. The van der Waals surface area contributed by atoms with E-state index >= 15 is 0 Å². The van der Waals surface area contributed by atoms with E-state index in [0.29, 0.717) is 34.5 Å². The Kier molecular flexibility index (Phi) is 9.19. The lowest BCUT2D eigenvalue weighted by molar-refractivity contribution is -0.111. The smallest absolute Gasteiger partial charge is 0.251 e. The van der Waals surface area contributed by atoms with Crippen LogP contribution in [0, 0.1) is 6.92 Å². The van der Waals surface area contributed by atoms with Gasteiger partial charge in [0.05, 0.1) is 16.9 Å². The molecular formula is C32H36ClN7O2. The van der Waals surface area contributed by atoms with Crippen molar-refractivity contribution in [3.05, 3.63) is 83.2 Å². The Morgan fingerprint density at radius 2 is 1.86 bits per heavy atom. The van der Waals surface area contributed by atoms with Crippen LogP contribution in [0.5, 0.6) is 0 Å². The van der Waals surface area contributed by atoms with E-state index in [0.717, 1.165) is 47.8 Å². The highest BCUT2D eigenvalue weighted by molar-refractivity contribution is 6.33. The maximum atomic E-state index is 13.0. The lowest BCUT2D eigenvalue weighted by Gasteiger charge is -2.30. The summed E-state index contributed by atoms with van der Waals surface area (Å²) in [6.45, 7) is 2.70. The number of aromatic amines is 1. The molecule has 10 heteroatoms. The van der Waals surface area contributed by atoms with Crippen molar-refractivity contribution in [1.82, 2.24) is 25.2 Å². The summed E-state index contributed by atoms with van der Waals surface area (Å²) in [7, 11) is 3.87. The molecule has 42 heavy (non-hydrogen) atoms. The van der Waals surface area contributed by atoms with Crippen molar-refractivity contribution in [2.45, 2.75) is 44.7 Å². The molecule has 1 aliphatic rings. The normalized spacial score (nSPS) is 17.1. The third-order valence-electron chi connectivity index (χ3n) is 7.37. The molecule has 0 saturated heterocycles. The molecule has 0 spiro atoms. The summed E-state index contributed by atoms with van der Waals surface area (Å²) in [5, 5.41) is 11.0. The highest BCUT2D eigenvalue weighted by Crippen LogP contribution is 2.35. The van der Waals surface area contributed by atoms with Crippen LogP contribution in [-0.2, 0) is 4.79 Å². The molecule has 4 N–H and O–H groups in total. The number of H-pyrrole nitrogens is 1. The molecular weight excluding hydrogens is 550 g/mol. The molecule has 1 aliphatic carbocycles. The maximum Gasteiger partial charge on any atom is 0.251 e. The minimum Gasteiger partial charge on any atom is -0.358 e. The van der Waals surface area contributed by atoms with Crippen LogP contribution in [0.25, 0.3) is 22.2 Å². The minimum atomic E-state index is -0.205. The summed E-state index contributed by atoms with van der Waals surface area (Å²) in [6, 6.07) is 15.2. The number of carbonyl (C=O) groups excluding carboxylic acids is 2. The van der Waals surface area contributed by atoms with Crippen molar-refractivity contribution in [2.75, 3.05) is 31.3 Å². The molecule has 2 heterocycles. The molecule has 4 aromatic rings. The Morgan fingerprint density at radius 3 is 2.64 bits per heavy atom. The molecule has 0 aliphatic heterocycles. The summed E-state index contributed by atoms with van der Waals surface area (Å²) in [5.74, 6) is 0.178. The van der Waals surface area contributed by atoms with Crippen LogP contribution in [0.15, 0.2) is 66.9 Å². The number of hydrogen-bond acceptors (Lipinski definition) is 6. The molecule has 1 saturated carbocycles. The first-order valence-corrected chi connectivity index (χ1v) is 14.5. The number of halogens is 1. The molecule has 0 radical (unpaired) electrons. The van der Waals surface area contributed by atoms with Crippen LogP contribution in [0.1, 0.15) is 41.7 Å². The van der Waals surface area contributed by atoms with E-state index in [-0.39, 0.29) is 23.9 Å². The summed E-state index contributed by atoms with van der Waals surface area (Å²) >= 11 is 6.57. The Labute approximate surface area is 250 Å². The number of aryl methyl sites for hydroxylation is 1. The van der Waals surface area contributed by atoms with E-state index in [1.54, 1.807) is 36.5 Å². The molecule has 218 valence electrons. The summed E-state index contributed by atoms with van der Waals surface area (Å²) in [5.41, 5.74) is 4.88. The van der Waals surface area contributed by atoms with E-state index in [9.17, 15) is 9.59 Å². The Hall–Kier alpha value is -4.21. The molecule has 2 aromatic carbocycles. The summed E-state index contributed by atoms with van der Waals surface area (Å²) in [4.78, 5) is 39.7. The first-order valence-electron chi connectivity index (χ1n) is 14.2. The second-order valence-electron chi connectivity index (χ2n) is 11.0. The van der Waals surface area contributed by atoms with Gasteiger partial charge >= 0.3 is 0 Å². The molecule has 0 bridgehead atoms. The number of aromatic nitrogens is 3. The van der Waals surface area contributed by atoms with Gasteiger partial charge in [-0.05, 0) is 77.0 Å². The highest BCUT2D eigenvalue weighted by atomic mass is 35.5. The first kappa shape index (κ1) is 29.3. The van der Waals surface area contributed by atoms with Gasteiger partial charge in [0, 0.05) is 58.1 Å². The molecule has 2 amide bonds. The second kappa shape index (κ2) is 13.2. The van der Waals surface area contributed by atoms with Crippen LogP contribution in [0.2, 0.25) is 5.02 Å². The second-order valence-corrected chi connectivity index (χ2v) is 11.4. The fraction of sp³-hybridized carbons (Fsp3) is 0.312. The van der Waals surface area contributed by atoms with Crippen LogP contribution >= 0.6 is 11.6 Å². The van der Waals surface area contributed by atoms with E-state index in [2.05, 4.69) is 32.0 Å². The van der Waals surface area contributed by atoms with Gasteiger partial charge in [-0.3, -0.25) is 9.59 Å². The molecule has 2 atom stereocenters. The van der Waals surface area contributed by atoms with Crippen LogP contribution in [0.3, 0.4) is 0 Å². The van der Waals surface area contributed by atoms with Gasteiger partial charge in [-0.1, -0.05) is 35.9 Å². The van der Waals surface area contributed by atoms with Crippen LogP contribution in [0.4, 0.5) is 11.6 Å². The average molecular weight is 586 g/mol. The van der Waals surface area contributed by atoms with Gasteiger partial charge in [-0.25, -0.2) is 9.97 Å². The number of likely N-dealkylation sites (N-methyl/N-ethyl adjacent to an activating group) is 1. The summed E-state index contributed by atoms with van der Waals surface area (Å²) in [6.07, 6.45) is 8.53. The topological polar surface area (TPSA) is 115 Å². The van der Waals surface area contributed by atoms with Gasteiger partial charge < -0.3 is 25.8 Å². The van der Waals surface area contributed by atoms with Crippen molar-refractivity contribution in [2.24, 2.45) is 0 Å². The molecule has 5 rings (SSSR count). The monoisotopic (exact) mass is 585 g/mol. The van der Waals surface area contributed by atoms with Crippen molar-refractivity contribution >= 4 is 46.0 Å². The predicted octanol–water partition coefficient (Wildman–Crippen LogP) is 5.80. The number of nitrogens with zero attached hydrogens (tertiary/aromatic N) is 3. The maximum absolute atomic E-state index is 13.0. The molecule has 0 unspecified atom stereocenters. The number of amides is 2. The zero-order valence-electron chi connectivity index (χ0n) is 24.1. The average Bonchev–Trinajstić information content (AvgIpc) is 3.30. The number of para-hydroxylation sites is 1. The molecule has 1 fully saturated rings. The lowest BCUT2D eigenvalue weighted by Crippen LogP contribution is -2.42. The van der Waals surface area contributed by atoms with Gasteiger partial charge in [0.25, 0.3) is 5.91 Å². The Bertz CT molecular complexity index is 1600. The van der Waals surface area contributed by atoms with E-state index < -0.39 is 0 Å². The Morgan fingerprint density at radius 1 is 1.10 bits per heavy atom. The number of anilines is 2. The van der Waals surface area contributed by atoms with Crippen molar-refractivity contribution in [3.8, 4) is 11.3 Å². The van der Waals surface area contributed by atoms with Gasteiger partial charge in [0.15, 0.2) is 0 Å².